The van der Waals surface area contributed by atoms with E-state index in [-0.39, 0.29) is 5.91 Å². The summed E-state index contributed by atoms with van der Waals surface area (Å²) >= 11 is 0. The van der Waals surface area contributed by atoms with Gasteiger partial charge in [-0.15, -0.1) is 0 Å². The molecule has 0 saturated heterocycles. The van der Waals surface area contributed by atoms with Gasteiger partial charge in [0.25, 0.3) is 5.91 Å². The monoisotopic (exact) mass is 242 g/mol. The van der Waals surface area contributed by atoms with Gasteiger partial charge in [0, 0.05) is 17.2 Å². The number of carbonyl (C=O) groups is 1. The van der Waals surface area contributed by atoms with Crippen molar-refractivity contribution in [3.05, 3.63) is 35.4 Å². The van der Waals surface area contributed by atoms with Crippen LogP contribution in [0.25, 0.3) is 0 Å². The van der Waals surface area contributed by atoms with Gasteiger partial charge in [0.05, 0.1) is 6.54 Å². The van der Waals surface area contributed by atoms with E-state index < -0.39 is 0 Å². The Morgan fingerprint density at radius 1 is 1.28 bits per heavy atom. The highest BCUT2D eigenvalue weighted by Gasteiger charge is 2.17. The molecule has 1 aromatic carbocycles. The summed E-state index contributed by atoms with van der Waals surface area (Å²) in [4.78, 5) is 12.0. The van der Waals surface area contributed by atoms with E-state index in [1.54, 1.807) is 0 Å². The molecule has 2 rings (SSSR count). The molecule has 1 saturated carbocycles. The summed E-state index contributed by atoms with van der Waals surface area (Å²) in [5, 5.41) is 3.06. The lowest BCUT2D eigenvalue weighted by atomic mass is 10.1. The molecular formula is C15H18N2O. The first-order valence-corrected chi connectivity index (χ1v) is 6.39. The van der Waals surface area contributed by atoms with Crippen LogP contribution < -0.4 is 11.1 Å². The SMILES string of the molecule is NCC#Cc1ccc(C(=O)NC2CCCC2)cc1. The molecule has 0 bridgehead atoms. The van der Waals surface area contributed by atoms with Crippen molar-refractivity contribution < 1.29 is 4.79 Å². The van der Waals surface area contributed by atoms with Crippen molar-refractivity contribution in [3.63, 3.8) is 0 Å². The standard InChI is InChI=1S/C15H18N2O/c16-11-3-4-12-7-9-13(10-8-12)15(18)17-14-5-1-2-6-14/h7-10,14H,1-2,5-6,11,16H2,(H,17,18). The van der Waals surface area contributed by atoms with Crippen LogP contribution in [0.1, 0.15) is 41.6 Å². The molecule has 1 aliphatic rings. The van der Waals surface area contributed by atoms with Gasteiger partial charge in [0.1, 0.15) is 0 Å². The van der Waals surface area contributed by atoms with E-state index >= 15 is 0 Å². The number of benzene rings is 1. The van der Waals surface area contributed by atoms with Crippen LogP contribution >= 0.6 is 0 Å². The molecule has 0 aromatic heterocycles. The molecule has 94 valence electrons. The first-order valence-electron chi connectivity index (χ1n) is 6.39. The van der Waals surface area contributed by atoms with Crippen molar-refractivity contribution in [2.75, 3.05) is 6.54 Å². The number of rotatable bonds is 2. The lowest BCUT2D eigenvalue weighted by Gasteiger charge is -2.11. The molecule has 0 aliphatic heterocycles. The molecule has 0 unspecified atom stereocenters. The smallest absolute Gasteiger partial charge is 0.251 e. The molecule has 1 fully saturated rings. The maximum absolute atomic E-state index is 12.0. The Morgan fingerprint density at radius 2 is 1.94 bits per heavy atom. The number of hydrogen-bond donors (Lipinski definition) is 2. The molecule has 3 heteroatoms. The molecule has 0 radical (unpaired) electrons. The molecule has 0 atom stereocenters. The van der Waals surface area contributed by atoms with E-state index in [2.05, 4.69) is 17.2 Å². The number of amides is 1. The fourth-order valence-electron chi connectivity index (χ4n) is 2.20. The summed E-state index contributed by atoms with van der Waals surface area (Å²) in [6.07, 6.45) is 4.65. The molecule has 1 aromatic rings. The van der Waals surface area contributed by atoms with Crippen LogP contribution in [-0.4, -0.2) is 18.5 Å². The minimum atomic E-state index is 0.0141. The van der Waals surface area contributed by atoms with Gasteiger partial charge in [0.2, 0.25) is 0 Å². The second kappa shape index (κ2) is 6.23. The average molecular weight is 242 g/mol. The Bertz CT molecular complexity index is 462. The van der Waals surface area contributed by atoms with Gasteiger partial charge < -0.3 is 11.1 Å². The normalized spacial score (nSPS) is 14.9. The quantitative estimate of drug-likeness (QED) is 0.775. The van der Waals surface area contributed by atoms with Crippen molar-refractivity contribution in [3.8, 4) is 11.8 Å². The Kier molecular flexibility index (Phi) is 4.38. The predicted molar refractivity (Wildman–Crippen MR) is 72.1 cm³/mol. The topological polar surface area (TPSA) is 55.1 Å². The van der Waals surface area contributed by atoms with Crippen LogP contribution in [0.4, 0.5) is 0 Å². The van der Waals surface area contributed by atoms with Crippen molar-refractivity contribution in [1.82, 2.24) is 5.32 Å². The van der Waals surface area contributed by atoms with E-state index in [9.17, 15) is 4.79 Å². The van der Waals surface area contributed by atoms with Gasteiger partial charge in [0.15, 0.2) is 0 Å². The Labute approximate surface area is 108 Å². The zero-order valence-corrected chi connectivity index (χ0v) is 10.4. The molecule has 0 heterocycles. The van der Waals surface area contributed by atoms with Crippen molar-refractivity contribution in [2.45, 2.75) is 31.7 Å². The first kappa shape index (κ1) is 12.7. The van der Waals surface area contributed by atoms with E-state index in [1.165, 1.54) is 12.8 Å². The third-order valence-electron chi connectivity index (χ3n) is 3.17. The first-order chi connectivity index (χ1) is 8.79. The predicted octanol–water partition coefficient (Wildman–Crippen LogP) is 1.67. The fourth-order valence-corrected chi connectivity index (χ4v) is 2.20. The zero-order valence-electron chi connectivity index (χ0n) is 10.4. The van der Waals surface area contributed by atoms with E-state index in [0.717, 1.165) is 18.4 Å². The molecular weight excluding hydrogens is 224 g/mol. The molecule has 1 amide bonds. The van der Waals surface area contributed by atoms with E-state index in [0.29, 0.717) is 18.2 Å². The number of hydrogen-bond acceptors (Lipinski definition) is 2. The van der Waals surface area contributed by atoms with Gasteiger partial charge in [-0.3, -0.25) is 4.79 Å². The van der Waals surface area contributed by atoms with Gasteiger partial charge in [-0.1, -0.05) is 24.7 Å². The van der Waals surface area contributed by atoms with Crippen LogP contribution in [0, 0.1) is 11.8 Å². The lowest BCUT2D eigenvalue weighted by molar-refractivity contribution is 0.0938. The summed E-state index contributed by atoms with van der Waals surface area (Å²) in [6.45, 7) is 0.351. The molecule has 3 nitrogen and oxygen atoms in total. The third kappa shape index (κ3) is 3.35. The maximum Gasteiger partial charge on any atom is 0.251 e. The van der Waals surface area contributed by atoms with Gasteiger partial charge >= 0.3 is 0 Å². The summed E-state index contributed by atoms with van der Waals surface area (Å²) in [5.74, 6) is 5.74. The molecule has 18 heavy (non-hydrogen) atoms. The second-order valence-corrected chi connectivity index (χ2v) is 4.54. The zero-order chi connectivity index (χ0) is 12.8. The summed E-state index contributed by atoms with van der Waals surface area (Å²) < 4.78 is 0. The number of nitrogens with one attached hydrogen (secondary N) is 1. The van der Waals surface area contributed by atoms with Gasteiger partial charge in [-0.2, -0.15) is 0 Å². The van der Waals surface area contributed by atoms with Crippen molar-refractivity contribution in [2.24, 2.45) is 5.73 Å². The van der Waals surface area contributed by atoms with Crippen LogP contribution in [0.15, 0.2) is 24.3 Å². The molecule has 1 aliphatic carbocycles. The van der Waals surface area contributed by atoms with E-state index in [4.69, 9.17) is 5.73 Å². The molecule has 3 N–H and O–H groups in total. The largest absolute Gasteiger partial charge is 0.349 e. The summed E-state index contributed by atoms with van der Waals surface area (Å²) in [5.41, 5.74) is 6.89. The number of carbonyl (C=O) groups excluding carboxylic acids is 1. The highest BCUT2D eigenvalue weighted by atomic mass is 16.1. The highest BCUT2D eigenvalue weighted by molar-refractivity contribution is 5.94. The van der Waals surface area contributed by atoms with Gasteiger partial charge in [-0.05, 0) is 37.1 Å². The Balaban J connectivity index is 1.97. The fraction of sp³-hybridized carbons (Fsp3) is 0.400. The van der Waals surface area contributed by atoms with E-state index in [1.807, 2.05) is 24.3 Å². The minimum absolute atomic E-state index is 0.0141. The minimum Gasteiger partial charge on any atom is -0.349 e. The number of nitrogens with two attached hydrogens (primary N) is 1. The third-order valence-corrected chi connectivity index (χ3v) is 3.17. The van der Waals surface area contributed by atoms with Gasteiger partial charge in [-0.25, -0.2) is 0 Å². The Morgan fingerprint density at radius 3 is 2.56 bits per heavy atom. The maximum atomic E-state index is 12.0. The lowest BCUT2D eigenvalue weighted by Crippen LogP contribution is -2.32. The Hall–Kier alpha value is -1.79. The van der Waals surface area contributed by atoms with Crippen LogP contribution in [-0.2, 0) is 0 Å². The van der Waals surface area contributed by atoms with Crippen molar-refractivity contribution >= 4 is 5.91 Å². The molecule has 0 spiro atoms. The summed E-state index contributed by atoms with van der Waals surface area (Å²) in [6, 6.07) is 7.68. The average Bonchev–Trinajstić information content (AvgIpc) is 2.89. The second-order valence-electron chi connectivity index (χ2n) is 4.54. The van der Waals surface area contributed by atoms with Crippen molar-refractivity contribution in [1.29, 1.82) is 0 Å². The van der Waals surface area contributed by atoms with Crippen LogP contribution in [0.3, 0.4) is 0 Å². The van der Waals surface area contributed by atoms with Crippen LogP contribution in [0.2, 0.25) is 0 Å². The highest BCUT2D eigenvalue weighted by Crippen LogP contribution is 2.18. The summed E-state index contributed by atoms with van der Waals surface area (Å²) in [7, 11) is 0. The van der Waals surface area contributed by atoms with Crippen LogP contribution in [0.5, 0.6) is 0 Å².